The minimum Gasteiger partial charge on any atom is -0.548 e. The number of carbonyl (C=O) groups is 2. The monoisotopic (exact) mass is 414 g/mol. The second kappa shape index (κ2) is 8.36. The van der Waals surface area contributed by atoms with Crippen LogP contribution in [-0.2, 0) is 22.4 Å². The predicted octanol–water partition coefficient (Wildman–Crippen LogP) is 1.48. The van der Waals surface area contributed by atoms with Crippen molar-refractivity contribution in [3.8, 4) is 5.75 Å². The Morgan fingerprint density at radius 2 is 1.90 bits per heavy atom. The van der Waals surface area contributed by atoms with Gasteiger partial charge < -0.3 is 24.7 Å². The third-order valence-electron chi connectivity index (χ3n) is 4.54. The Balaban J connectivity index is 1.82. The first-order valence-electron chi connectivity index (χ1n) is 8.74. The Kier molecular flexibility index (Phi) is 5.89. The predicted molar refractivity (Wildman–Crippen MR) is 105 cm³/mol. The summed E-state index contributed by atoms with van der Waals surface area (Å²) in [7, 11) is 0. The molecule has 1 aromatic heterocycles. The van der Waals surface area contributed by atoms with Crippen LogP contribution < -0.4 is 16.0 Å². The average Bonchev–Trinajstić information content (AvgIpc) is 2.66. The topological polar surface area (TPSA) is 120 Å². The molecule has 8 heteroatoms. The number of phenols is 1. The van der Waals surface area contributed by atoms with Crippen LogP contribution in [0.1, 0.15) is 16.7 Å². The van der Waals surface area contributed by atoms with Crippen molar-refractivity contribution < 1.29 is 24.2 Å². The van der Waals surface area contributed by atoms with Gasteiger partial charge in [0.1, 0.15) is 11.3 Å². The number of rotatable bonds is 6. The maximum absolute atomic E-state index is 12.5. The zero-order valence-corrected chi connectivity index (χ0v) is 16.2. The highest BCUT2D eigenvalue weighted by Crippen LogP contribution is 2.27. The van der Waals surface area contributed by atoms with Crippen LogP contribution in [0.15, 0.2) is 51.7 Å². The van der Waals surface area contributed by atoms with Gasteiger partial charge >= 0.3 is 5.63 Å². The van der Waals surface area contributed by atoms with Crippen LogP contribution in [0.2, 0.25) is 5.02 Å². The van der Waals surface area contributed by atoms with Gasteiger partial charge in [-0.25, -0.2) is 4.79 Å². The standard InChI is InChI=1S/C21H18ClNO6/c1-11-17(24)7-6-15-13(10-19(26)29-20(11)15)9-18(25)23-16(21(27)28)8-12-2-4-14(22)5-3-12/h2-7,10,16,24H,8-9H2,1H3,(H,23,25)(H,27,28)/p-1/t16-/m0/s1. The van der Waals surface area contributed by atoms with Crippen LogP contribution in [-0.4, -0.2) is 23.0 Å². The third-order valence-corrected chi connectivity index (χ3v) is 4.79. The molecule has 0 spiro atoms. The van der Waals surface area contributed by atoms with Crippen molar-refractivity contribution in [1.82, 2.24) is 5.32 Å². The van der Waals surface area contributed by atoms with Gasteiger partial charge in [0.2, 0.25) is 5.91 Å². The van der Waals surface area contributed by atoms with Crippen molar-refractivity contribution in [1.29, 1.82) is 0 Å². The maximum Gasteiger partial charge on any atom is 0.336 e. The van der Waals surface area contributed by atoms with Crippen molar-refractivity contribution in [3.63, 3.8) is 0 Å². The maximum atomic E-state index is 12.5. The van der Waals surface area contributed by atoms with Crippen molar-refractivity contribution >= 4 is 34.4 Å². The van der Waals surface area contributed by atoms with Gasteiger partial charge in [0.15, 0.2) is 0 Å². The lowest BCUT2D eigenvalue weighted by Crippen LogP contribution is -2.49. The fourth-order valence-electron chi connectivity index (χ4n) is 3.03. The molecule has 1 amide bonds. The molecule has 150 valence electrons. The SMILES string of the molecule is Cc1c(O)ccc2c(CC(=O)N[C@@H](Cc3ccc(Cl)cc3)C(=O)[O-])cc(=O)oc12. The van der Waals surface area contributed by atoms with Crippen LogP contribution in [0, 0.1) is 6.92 Å². The van der Waals surface area contributed by atoms with Crippen LogP contribution in [0.5, 0.6) is 5.75 Å². The molecule has 7 nitrogen and oxygen atoms in total. The van der Waals surface area contributed by atoms with Gasteiger partial charge in [-0.1, -0.05) is 23.7 Å². The minimum atomic E-state index is -1.42. The summed E-state index contributed by atoms with van der Waals surface area (Å²) in [6.45, 7) is 1.59. The number of amides is 1. The fourth-order valence-corrected chi connectivity index (χ4v) is 3.16. The Morgan fingerprint density at radius 1 is 1.21 bits per heavy atom. The zero-order valence-electron chi connectivity index (χ0n) is 15.4. The molecule has 29 heavy (non-hydrogen) atoms. The molecule has 2 aromatic carbocycles. The molecule has 1 atom stereocenters. The van der Waals surface area contributed by atoms with Crippen molar-refractivity contribution in [3.05, 3.63) is 74.6 Å². The highest BCUT2D eigenvalue weighted by atomic mass is 35.5. The van der Waals surface area contributed by atoms with Gasteiger partial charge in [0, 0.05) is 22.0 Å². The highest BCUT2D eigenvalue weighted by molar-refractivity contribution is 6.30. The van der Waals surface area contributed by atoms with E-state index in [0.717, 1.165) is 0 Å². The number of carboxylic acid groups (broad SMARTS) is 1. The van der Waals surface area contributed by atoms with E-state index in [9.17, 15) is 24.6 Å². The van der Waals surface area contributed by atoms with E-state index in [-0.39, 0.29) is 24.2 Å². The lowest BCUT2D eigenvalue weighted by molar-refractivity contribution is -0.308. The average molecular weight is 415 g/mol. The van der Waals surface area contributed by atoms with Crippen LogP contribution in [0.3, 0.4) is 0 Å². The van der Waals surface area contributed by atoms with E-state index in [2.05, 4.69) is 5.32 Å². The Labute approximate surface area is 170 Å². The van der Waals surface area contributed by atoms with Gasteiger partial charge in [-0.3, -0.25) is 4.79 Å². The van der Waals surface area contributed by atoms with Crippen molar-refractivity contribution in [2.24, 2.45) is 0 Å². The summed E-state index contributed by atoms with van der Waals surface area (Å²) in [5.74, 6) is -2.06. The number of halogens is 1. The number of aliphatic carboxylic acids is 1. The molecule has 3 rings (SSSR count). The summed E-state index contributed by atoms with van der Waals surface area (Å²) < 4.78 is 5.14. The van der Waals surface area contributed by atoms with Crippen LogP contribution >= 0.6 is 11.6 Å². The molecule has 0 saturated carbocycles. The molecule has 0 aliphatic rings. The van der Waals surface area contributed by atoms with E-state index >= 15 is 0 Å². The number of phenolic OH excluding ortho intramolecular Hbond substituents is 1. The number of carboxylic acids is 1. The van der Waals surface area contributed by atoms with Crippen molar-refractivity contribution in [2.45, 2.75) is 25.8 Å². The summed E-state index contributed by atoms with van der Waals surface area (Å²) in [6, 6.07) is 9.46. The molecule has 0 radical (unpaired) electrons. The molecule has 3 aromatic rings. The molecule has 0 aliphatic carbocycles. The first-order chi connectivity index (χ1) is 13.7. The number of aryl methyl sites for hydroxylation is 1. The Hall–Kier alpha value is -3.32. The van der Waals surface area contributed by atoms with Gasteiger partial charge in [0.05, 0.1) is 18.4 Å². The van der Waals surface area contributed by atoms with E-state index in [1.807, 2.05) is 0 Å². The number of nitrogens with one attached hydrogen (secondary N) is 1. The lowest BCUT2D eigenvalue weighted by atomic mass is 10.0. The summed E-state index contributed by atoms with van der Waals surface area (Å²) >= 11 is 5.82. The minimum absolute atomic E-state index is 0.0237. The molecule has 0 fully saturated rings. The molecule has 0 bridgehead atoms. The molecule has 1 heterocycles. The second-order valence-corrected chi connectivity index (χ2v) is 7.06. The van der Waals surface area contributed by atoms with E-state index in [0.29, 0.717) is 27.1 Å². The molecule has 0 aliphatic heterocycles. The van der Waals surface area contributed by atoms with Crippen LogP contribution in [0.25, 0.3) is 11.0 Å². The second-order valence-electron chi connectivity index (χ2n) is 6.62. The van der Waals surface area contributed by atoms with Crippen LogP contribution in [0.4, 0.5) is 0 Å². The third kappa shape index (κ3) is 4.75. The number of benzene rings is 2. The highest BCUT2D eigenvalue weighted by Gasteiger charge is 2.17. The Morgan fingerprint density at radius 3 is 2.55 bits per heavy atom. The summed E-state index contributed by atoms with van der Waals surface area (Å²) in [5.41, 5.74) is 0.906. The number of carbonyl (C=O) groups excluding carboxylic acids is 2. The number of hydrogen-bond donors (Lipinski definition) is 2. The van der Waals surface area contributed by atoms with Gasteiger partial charge in [-0.05, 0) is 48.7 Å². The molecular weight excluding hydrogens is 398 g/mol. The number of hydrogen-bond acceptors (Lipinski definition) is 6. The quantitative estimate of drug-likeness (QED) is 0.589. The summed E-state index contributed by atoms with van der Waals surface area (Å²) in [5, 5.41) is 24.7. The summed E-state index contributed by atoms with van der Waals surface area (Å²) in [4.78, 5) is 35.8. The number of aromatic hydroxyl groups is 1. The van der Waals surface area contributed by atoms with E-state index in [4.69, 9.17) is 16.0 Å². The molecule has 0 saturated heterocycles. The lowest BCUT2D eigenvalue weighted by Gasteiger charge is -2.20. The van der Waals surface area contributed by atoms with Gasteiger partial charge in [-0.2, -0.15) is 0 Å². The first-order valence-corrected chi connectivity index (χ1v) is 9.12. The molecular formula is C21H17ClNO6-. The number of fused-ring (bicyclic) bond motifs is 1. The fraction of sp³-hybridized carbons (Fsp3) is 0.190. The van der Waals surface area contributed by atoms with Crippen molar-refractivity contribution in [2.75, 3.05) is 0 Å². The smallest absolute Gasteiger partial charge is 0.336 e. The van der Waals surface area contributed by atoms with Gasteiger partial charge in [0.25, 0.3) is 0 Å². The van der Waals surface area contributed by atoms with E-state index < -0.39 is 23.5 Å². The normalized spacial score (nSPS) is 11.9. The molecule has 0 unspecified atom stereocenters. The van der Waals surface area contributed by atoms with Gasteiger partial charge in [-0.15, -0.1) is 0 Å². The zero-order chi connectivity index (χ0) is 21.1. The molecule has 2 N–H and O–H groups in total. The largest absolute Gasteiger partial charge is 0.548 e. The Bertz CT molecular complexity index is 1140. The van der Waals surface area contributed by atoms with E-state index in [1.54, 1.807) is 31.2 Å². The summed E-state index contributed by atoms with van der Waals surface area (Å²) in [6.07, 6.45) is -0.216. The van der Waals surface area contributed by atoms with E-state index in [1.165, 1.54) is 18.2 Å². The first kappa shape index (κ1) is 20.4.